The summed E-state index contributed by atoms with van der Waals surface area (Å²) < 4.78 is 62.3. The van der Waals surface area contributed by atoms with Gasteiger partial charge in [0.2, 0.25) is 0 Å². The Hall–Kier alpha value is -4.05. The van der Waals surface area contributed by atoms with Crippen LogP contribution < -0.4 is 9.64 Å². The molecule has 2 heterocycles. The van der Waals surface area contributed by atoms with Crippen LogP contribution in [0.15, 0.2) is 71.8 Å². The Kier molecular flexibility index (Phi) is 4.57. The molecule has 3 aromatic carbocycles. The van der Waals surface area contributed by atoms with Crippen LogP contribution in [0.25, 0.3) is 10.9 Å². The van der Waals surface area contributed by atoms with E-state index in [9.17, 15) is 26.8 Å². The van der Waals surface area contributed by atoms with Gasteiger partial charge in [0.05, 0.1) is 29.4 Å². The fourth-order valence-corrected chi connectivity index (χ4v) is 5.42. The van der Waals surface area contributed by atoms with Crippen LogP contribution in [0.1, 0.15) is 20.7 Å². The van der Waals surface area contributed by atoms with E-state index < -0.39 is 44.1 Å². The number of hydrogen-bond donors (Lipinski definition) is 0. The Morgan fingerprint density at radius 2 is 1.52 bits per heavy atom. The van der Waals surface area contributed by atoms with Crippen molar-refractivity contribution in [3.63, 3.8) is 0 Å². The minimum atomic E-state index is -4.52. The van der Waals surface area contributed by atoms with Gasteiger partial charge in [-0.05, 0) is 30.3 Å². The zero-order valence-corrected chi connectivity index (χ0v) is 17.8. The number of methoxy groups -OCH3 is 1. The maximum Gasteiger partial charge on any atom is 0.272 e. The number of carbonyl (C=O) groups is 2. The highest BCUT2D eigenvalue weighted by Crippen LogP contribution is 2.37. The molecule has 0 bridgehead atoms. The van der Waals surface area contributed by atoms with Crippen molar-refractivity contribution in [3.05, 3.63) is 89.6 Å². The minimum absolute atomic E-state index is 0.0700. The van der Waals surface area contributed by atoms with Crippen molar-refractivity contribution in [1.82, 2.24) is 3.97 Å². The first-order chi connectivity index (χ1) is 15.8. The second kappa shape index (κ2) is 7.24. The van der Waals surface area contributed by atoms with Crippen LogP contribution in [-0.4, -0.2) is 31.3 Å². The van der Waals surface area contributed by atoms with Crippen LogP contribution in [0.5, 0.6) is 5.75 Å². The molecule has 1 aliphatic rings. The van der Waals surface area contributed by atoms with Crippen molar-refractivity contribution in [2.75, 3.05) is 12.0 Å². The summed E-state index contributed by atoms with van der Waals surface area (Å²) in [6.07, 6.45) is 1.16. The number of aromatic nitrogens is 1. The second-order valence-electron chi connectivity index (χ2n) is 7.24. The molecule has 0 radical (unpaired) electrons. The molecule has 0 saturated carbocycles. The van der Waals surface area contributed by atoms with Crippen molar-refractivity contribution in [2.45, 2.75) is 4.90 Å². The molecule has 0 fully saturated rings. The predicted molar refractivity (Wildman–Crippen MR) is 115 cm³/mol. The summed E-state index contributed by atoms with van der Waals surface area (Å²) in [5, 5.41) is 0.334. The van der Waals surface area contributed by atoms with Gasteiger partial charge in [-0.1, -0.05) is 24.3 Å². The van der Waals surface area contributed by atoms with E-state index in [0.29, 0.717) is 14.3 Å². The van der Waals surface area contributed by atoms with Crippen LogP contribution in [0, 0.1) is 11.6 Å². The lowest BCUT2D eigenvalue weighted by atomic mass is 10.1. The van der Waals surface area contributed by atoms with E-state index in [2.05, 4.69) is 0 Å². The summed E-state index contributed by atoms with van der Waals surface area (Å²) in [6, 6.07) is 13.1. The van der Waals surface area contributed by atoms with Crippen molar-refractivity contribution in [2.24, 2.45) is 0 Å². The molecular formula is C23H14F2N2O5S. The summed E-state index contributed by atoms with van der Waals surface area (Å²) in [5.74, 6) is -3.77. The molecule has 166 valence electrons. The van der Waals surface area contributed by atoms with Crippen molar-refractivity contribution in [1.29, 1.82) is 0 Å². The fourth-order valence-electron chi connectivity index (χ4n) is 3.89. The fraction of sp³-hybridized carbons (Fsp3) is 0.0435. The van der Waals surface area contributed by atoms with Gasteiger partial charge in [-0.15, -0.1) is 0 Å². The van der Waals surface area contributed by atoms with E-state index in [1.165, 1.54) is 30.3 Å². The lowest BCUT2D eigenvalue weighted by Gasteiger charge is -2.18. The highest BCUT2D eigenvalue weighted by atomic mass is 32.2. The van der Waals surface area contributed by atoms with Crippen LogP contribution in [-0.2, 0) is 10.0 Å². The van der Waals surface area contributed by atoms with Crippen LogP contribution >= 0.6 is 0 Å². The number of para-hydroxylation sites is 1. The Labute approximate surface area is 186 Å². The van der Waals surface area contributed by atoms with Gasteiger partial charge in [-0.25, -0.2) is 26.1 Å². The Bertz CT molecular complexity index is 1560. The summed E-state index contributed by atoms with van der Waals surface area (Å²) >= 11 is 0. The number of ether oxygens (including phenoxy) is 1. The third-order valence-corrected chi connectivity index (χ3v) is 7.13. The normalized spacial score (nSPS) is 13.6. The predicted octanol–water partition coefficient (Wildman–Crippen LogP) is 3.97. The summed E-state index contributed by atoms with van der Waals surface area (Å²) in [5.41, 5.74) is -0.620. The number of amides is 2. The van der Waals surface area contributed by atoms with E-state index in [1.54, 1.807) is 12.1 Å². The highest BCUT2D eigenvalue weighted by molar-refractivity contribution is 7.90. The molecule has 1 aliphatic heterocycles. The average Bonchev–Trinajstić information content (AvgIpc) is 3.35. The van der Waals surface area contributed by atoms with Crippen molar-refractivity contribution >= 4 is 38.4 Å². The van der Waals surface area contributed by atoms with E-state index >= 15 is 0 Å². The first-order valence-corrected chi connectivity index (χ1v) is 11.1. The lowest BCUT2D eigenvalue weighted by molar-refractivity contribution is 0.0924. The first-order valence-electron chi connectivity index (χ1n) is 9.62. The van der Waals surface area contributed by atoms with Gasteiger partial charge in [0.25, 0.3) is 21.8 Å². The Morgan fingerprint density at radius 3 is 2.15 bits per heavy atom. The molecule has 5 rings (SSSR count). The number of hydrogen-bond acceptors (Lipinski definition) is 5. The largest absolute Gasteiger partial charge is 0.495 e. The molecular weight excluding hydrogens is 454 g/mol. The Balaban J connectivity index is 1.72. The highest BCUT2D eigenvalue weighted by Gasteiger charge is 2.39. The van der Waals surface area contributed by atoms with Gasteiger partial charge in [0.1, 0.15) is 16.5 Å². The first kappa shape index (κ1) is 20.8. The number of nitrogens with zero attached hydrogens (tertiary/aromatic N) is 2. The van der Waals surface area contributed by atoms with Gasteiger partial charge in [0, 0.05) is 17.6 Å². The van der Waals surface area contributed by atoms with Gasteiger partial charge >= 0.3 is 0 Å². The molecule has 0 N–H and O–H groups in total. The molecule has 0 atom stereocenters. The molecule has 1 aromatic heterocycles. The van der Waals surface area contributed by atoms with Gasteiger partial charge in [-0.3, -0.25) is 9.59 Å². The van der Waals surface area contributed by atoms with Gasteiger partial charge in [0.15, 0.2) is 5.82 Å². The number of carbonyl (C=O) groups excluding carboxylic acids is 2. The second-order valence-corrected chi connectivity index (χ2v) is 9.02. The summed E-state index contributed by atoms with van der Waals surface area (Å²) in [7, 11) is -3.38. The standard InChI is InChI=1S/C23H14F2N2O5S/c1-32-19-11-17(25)18(27-22(28)14-6-2-3-7-15(14)23(27)29)12-20(19)33(30,31)26-10-9-13-5-4-8-16(24)21(13)26/h2-12H,1H3. The lowest BCUT2D eigenvalue weighted by Crippen LogP contribution is -2.30. The van der Waals surface area contributed by atoms with Crippen LogP contribution in [0.3, 0.4) is 0 Å². The molecule has 0 unspecified atom stereocenters. The van der Waals surface area contributed by atoms with Crippen LogP contribution in [0.4, 0.5) is 14.5 Å². The number of fused-ring (bicyclic) bond motifs is 2. The number of rotatable bonds is 4. The quantitative estimate of drug-likeness (QED) is 0.423. The molecule has 0 spiro atoms. The third-order valence-electron chi connectivity index (χ3n) is 5.43. The minimum Gasteiger partial charge on any atom is -0.495 e. The SMILES string of the molecule is COc1cc(F)c(N2C(=O)c3ccccc3C2=O)cc1S(=O)(=O)n1ccc2cccc(F)c21. The van der Waals surface area contributed by atoms with Gasteiger partial charge in [-0.2, -0.15) is 0 Å². The Morgan fingerprint density at radius 1 is 0.848 bits per heavy atom. The van der Waals surface area contributed by atoms with E-state index in [4.69, 9.17) is 4.74 Å². The van der Waals surface area contributed by atoms with E-state index in [-0.39, 0.29) is 22.4 Å². The summed E-state index contributed by atoms with van der Waals surface area (Å²) in [6.45, 7) is 0. The molecule has 7 nitrogen and oxygen atoms in total. The molecule has 10 heteroatoms. The molecule has 4 aromatic rings. The monoisotopic (exact) mass is 468 g/mol. The molecule has 2 amide bonds. The van der Waals surface area contributed by atoms with Crippen molar-refractivity contribution < 1.29 is 31.5 Å². The number of benzene rings is 3. The topological polar surface area (TPSA) is 85.7 Å². The molecule has 0 saturated heterocycles. The maximum absolute atomic E-state index is 15.0. The number of anilines is 1. The smallest absolute Gasteiger partial charge is 0.272 e. The molecule has 0 aliphatic carbocycles. The van der Waals surface area contributed by atoms with E-state index in [1.807, 2.05) is 0 Å². The van der Waals surface area contributed by atoms with Crippen molar-refractivity contribution in [3.8, 4) is 5.75 Å². The molecule has 33 heavy (non-hydrogen) atoms. The van der Waals surface area contributed by atoms with E-state index in [0.717, 1.165) is 31.5 Å². The van der Waals surface area contributed by atoms with Gasteiger partial charge < -0.3 is 4.74 Å². The average molecular weight is 468 g/mol. The zero-order valence-electron chi connectivity index (χ0n) is 17.0. The van der Waals surface area contributed by atoms with Crippen LogP contribution in [0.2, 0.25) is 0 Å². The third kappa shape index (κ3) is 2.94. The maximum atomic E-state index is 15.0. The number of halogens is 2. The number of imide groups is 1. The summed E-state index contributed by atoms with van der Waals surface area (Å²) in [4.78, 5) is 25.7. The zero-order chi connectivity index (χ0) is 23.5.